The highest BCUT2D eigenvalue weighted by Crippen LogP contribution is 2.35. The van der Waals surface area contributed by atoms with E-state index in [1.807, 2.05) is 6.92 Å². The Morgan fingerprint density at radius 3 is 2.23 bits per heavy atom. The predicted octanol–water partition coefficient (Wildman–Crippen LogP) is 2.91. The van der Waals surface area contributed by atoms with Crippen molar-refractivity contribution in [3.05, 3.63) is 32.2 Å². The van der Waals surface area contributed by atoms with Crippen LogP contribution in [0.3, 0.4) is 0 Å². The molecule has 0 aliphatic carbocycles. The van der Waals surface area contributed by atoms with Crippen molar-refractivity contribution >= 4 is 67.1 Å². The lowest BCUT2D eigenvalue weighted by Gasteiger charge is -2.16. The average molecular weight is 448 g/mol. The molecule has 0 bridgehead atoms. The van der Waals surface area contributed by atoms with Crippen LogP contribution in [0.5, 0.6) is 5.75 Å². The molecule has 8 heteroatoms. The third-order valence-corrected chi connectivity index (χ3v) is 4.11. The number of ether oxygens (including phenoxy) is 1. The molecule has 116 valence electrons. The van der Waals surface area contributed by atoms with E-state index in [2.05, 4.69) is 42.5 Å². The van der Waals surface area contributed by atoms with Crippen molar-refractivity contribution in [1.29, 1.82) is 0 Å². The van der Waals surface area contributed by atoms with Crippen LogP contribution in [0.25, 0.3) is 6.08 Å². The van der Waals surface area contributed by atoms with Crippen LogP contribution < -0.4 is 15.4 Å². The van der Waals surface area contributed by atoms with Gasteiger partial charge in [-0.3, -0.25) is 20.2 Å². The van der Waals surface area contributed by atoms with E-state index in [9.17, 15) is 9.59 Å². The summed E-state index contributed by atoms with van der Waals surface area (Å²) in [6.07, 6.45) is 2.39. The zero-order valence-electron chi connectivity index (χ0n) is 11.5. The molecule has 0 unspecified atom stereocenters. The quantitative estimate of drug-likeness (QED) is 0.423. The molecule has 1 aliphatic rings. The Labute approximate surface area is 149 Å². The van der Waals surface area contributed by atoms with Gasteiger partial charge in [0.2, 0.25) is 0 Å². The summed E-state index contributed by atoms with van der Waals surface area (Å²) < 4.78 is 7.09. The van der Waals surface area contributed by atoms with Crippen LogP contribution in [-0.2, 0) is 9.59 Å². The Balaban J connectivity index is 2.34. The van der Waals surface area contributed by atoms with Gasteiger partial charge in [-0.1, -0.05) is 6.92 Å². The van der Waals surface area contributed by atoms with Crippen LogP contribution in [0.15, 0.2) is 26.7 Å². The van der Waals surface area contributed by atoms with Crippen LogP contribution in [0, 0.1) is 0 Å². The molecule has 0 radical (unpaired) electrons. The fraction of sp³-hybridized carbons (Fsp3) is 0.214. The molecule has 0 spiro atoms. The Hall–Kier alpha value is -1.25. The van der Waals surface area contributed by atoms with Gasteiger partial charge in [0.1, 0.15) is 11.3 Å². The third-order valence-electron chi connectivity index (χ3n) is 2.73. The highest BCUT2D eigenvalue weighted by molar-refractivity contribution is 9.11. The topological polar surface area (TPSA) is 67.4 Å². The average Bonchev–Trinajstić information content (AvgIpc) is 2.42. The number of hydrogen-bond donors (Lipinski definition) is 2. The molecule has 22 heavy (non-hydrogen) atoms. The number of thiocarbonyl (C=S) groups is 1. The number of carbonyl (C=O) groups is 2. The molecule has 1 aromatic carbocycles. The van der Waals surface area contributed by atoms with Crippen molar-refractivity contribution in [3.63, 3.8) is 0 Å². The molecule has 1 fully saturated rings. The van der Waals surface area contributed by atoms with Gasteiger partial charge in [0, 0.05) is 0 Å². The van der Waals surface area contributed by atoms with E-state index in [4.69, 9.17) is 17.0 Å². The van der Waals surface area contributed by atoms with E-state index in [-0.39, 0.29) is 10.7 Å². The minimum atomic E-state index is -0.521. The summed E-state index contributed by atoms with van der Waals surface area (Å²) in [5.41, 5.74) is 0.672. The SMILES string of the molecule is CCCOc1c(Br)cc(C=C2C(=O)NC(=S)NC2=O)cc1Br. The van der Waals surface area contributed by atoms with Crippen LogP contribution >= 0.6 is 44.1 Å². The van der Waals surface area contributed by atoms with Gasteiger partial charge >= 0.3 is 0 Å². The van der Waals surface area contributed by atoms with Crippen LogP contribution in [0.2, 0.25) is 0 Å². The maximum Gasteiger partial charge on any atom is 0.263 e. The molecule has 1 aromatic rings. The molecule has 1 aliphatic heterocycles. The third kappa shape index (κ3) is 3.93. The van der Waals surface area contributed by atoms with E-state index in [0.717, 1.165) is 15.4 Å². The highest BCUT2D eigenvalue weighted by Gasteiger charge is 2.25. The first-order valence-corrected chi connectivity index (χ1v) is 8.42. The largest absolute Gasteiger partial charge is 0.491 e. The van der Waals surface area contributed by atoms with Crippen molar-refractivity contribution in [2.45, 2.75) is 13.3 Å². The maximum absolute atomic E-state index is 11.8. The van der Waals surface area contributed by atoms with Gasteiger partial charge in [0.15, 0.2) is 5.11 Å². The second-order valence-electron chi connectivity index (χ2n) is 4.46. The Bertz CT molecular complexity index is 644. The minimum Gasteiger partial charge on any atom is -0.491 e. The molecule has 1 heterocycles. The van der Waals surface area contributed by atoms with Gasteiger partial charge in [-0.05, 0) is 74.3 Å². The summed E-state index contributed by atoms with van der Waals surface area (Å²) >= 11 is 11.6. The number of rotatable bonds is 4. The zero-order chi connectivity index (χ0) is 16.3. The molecule has 2 amide bonds. The molecular weight excluding hydrogens is 436 g/mol. The summed E-state index contributed by atoms with van der Waals surface area (Å²) in [5, 5.41) is 4.80. The number of hydrogen-bond acceptors (Lipinski definition) is 4. The summed E-state index contributed by atoms with van der Waals surface area (Å²) in [6, 6.07) is 3.55. The van der Waals surface area contributed by atoms with E-state index in [0.29, 0.717) is 17.9 Å². The van der Waals surface area contributed by atoms with Crippen LogP contribution in [0.4, 0.5) is 0 Å². The van der Waals surface area contributed by atoms with Gasteiger partial charge in [-0.25, -0.2) is 0 Å². The van der Waals surface area contributed by atoms with Gasteiger partial charge in [-0.2, -0.15) is 0 Å². The first-order valence-electron chi connectivity index (χ1n) is 6.42. The van der Waals surface area contributed by atoms with Crippen molar-refractivity contribution in [1.82, 2.24) is 10.6 Å². The monoisotopic (exact) mass is 446 g/mol. The molecule has 0 aromatic heterocycles. The Morgan fingerprint density at radius 2 is 1.73 bits per heavy atom. The fourth-order valence-corrected chi connectivity index (χ4v) is 3.41. The fourth-order valence-electron chi connectivity index (χ4n) is 1.78. The van der Waals surface area contributed by atoms with E-state index in [1.54, 1.807) is 12.1 Å². The van der Waals surface area contributed by atoms with Crippen molar-refractivity contribution in [3.8, 4) is 5.75 Å². The summed E-state index contributed by atoms with van der Waals surface area (Å²) in [7, 11) is 0. The minimum absolute atomic E-state index is 0.00498. The molecule has 0 atom stereocenters. The number of carbonyl (C=O) groups excluding carboxylic acids is 2. The van der Waals surface area contributed by atoms with Crippen LogP contribution in [0.1, 0.15) is 18.9 Å². The molecule has 2 rings (SSSR count). The van der Waals surface area contributed by atoms with Gasteiger partial charge in [-0.15, -0.1) is 0 Å². The lowest BCUT2D eigenvalue weighted by Crippen LogP contribution is -2.51. The highest BCUT2D eigenvalue weighted by atomic mass is 79.9. The van der Waals surface area contributed by atoms with E-state index < -0.39 is 11.8 Å². The van der Waals surface area contributed by atoms with Gasteiger partial charge in [0.25, 0.3) is 11.8 Å². The molecular formula is C14H12Br2N2O3S. The maximum atomic E-state index is 11.8. The van der Waals surface area contributed by atoms with Gasteiger partial charge in [0.05, 0.1) is 15.6 Å². The lowest BCUT2D eigenvalue weighted by atomic mass is 10.1. The summed E-state index contributed by atoms with van der Waals surface area (Å²) in [5.74, 6) is -0.359. The predicted molar refractivity (Wildman–Crippen MR) is 94.5 cm³/mol. The zero-order valence-corrected chi connectivity index (χ0v) is 15.5. The number of nitrogens with one attached hydrogen (secondary N) is 2. The number of amides is 2. The number of benzene rings is 1. The first kappa shape index (κ1) is 17.1. The second kappa shape index (κ2) is 7.34. The smallest absolute Gasteiger partial charge is 0.263 e. The summed E-state index contributed by atoms with van der Waals surface area (Å²) in [6.45, 7) is 2.62. The Morgan fingerprint density at radius 1 is 1.18 bits per heavy atom. The van der Waals surface area contributed by atoms with Crippen LogP contribution in [-0.4, -0.2) is 23.5 Å². The van der Waals surface area contributed by atoms with Crippen molar-refractivity contribution in [2.24, 2.45) is 0 Å². The van der Waals surface area contributed by atoms with Crippen molar-refractivity contribution < 1.29 is 14.3 Å². The lowest BCUT2D eigenvalue weighted by molar-refractivity contribution is -0.123. The normalized spacial score (nSPS) is 14.5. The first-order chi connectivity index (χ1) is 10.4. The number of halogens is 2. The van der Waals surface area contributed by atoms with Gasteiger partial charge < -0.3 is 4.74 Å². The molecule has 5 nitrogen and oxygen atoms in total. The second-order valence-corrected chi connectivity index (χ2v) is 6.57. The van der Waals surface area contributed by atoms with E-state index in [1.165, 1.54) is 6.08 Å². The summed E-state index contributed by atoms with van der Waals surface area (Å²) in [4.78, 5) is 23.6. The van der Waals surface area contributed by atoms with Crippen molar-refractivity contribution in [2.75, 3.05) is 6.61 Å². The molecule has 2 N–H and O–H groups in total. The molecule has 0 saturated carbocycles. The molecule has 1 saturated heterocycles. The standard InChI is InChI=1S/C14H12Br2N2O3S/c1-2-3-21-11-9(15)5-7(6-10(11)16)4-8-12(19)17-14(22)18-13(8)20/h4-6H,2-3H2,1H3,(H2,17,18,19,20,22). The van der Waals surface area contributed by atoms with E-state index >= 15 is 0 Å². The Kier molecular flexibility index (Phi) is 5.71.